The molecule has 0 aliphatic carbocycles. The Kier molecular flexibility index (Phi) is 5.71. The van der Waals surface area contributed by atoms with Gasteiger partial charge in [0.1, 0.15) is 5.82 Å². The summed E-state index contributed by atoms with van der Waals surface area (Å²) in [5.41, 5.74) is 4.20. The van der Waals surface area contributed by atoms with Crippen molar-refractivity contribution in [3.8, 4) is 6.07 Å². The van der Waals surface area contributed by atoms with Crippen molar-refractivity contribution >= 4 is 29.0 Å². The molecule has 0 radical (unpaired) electrons. The van der Waals surface area contributed by atoms with E-state index >= 15 is 0 Å². The molecule has 0 spiro atoms. The number of amides is 1. The van der Waals surface area contributed by atoms with E-state index in [0.29, 0.717) is 23.7 Å². The molecule has 2 unspecified atom stereocenters. The number of hydrogen-bond acceptors (Lipinski definition) is 5. The van der Waals surface area contributed by atoms with Crippen molar-refractivity contribution in [2.75, 3.05) is 24.5 Å². The zero-order chi connectivity index (χ0) is 23.1. The fourth-order valence-corrected chi connectivity index (χ4v) is 5.20. The summed E-state index contributed by atoms with van der Waals surface area (Å²) in [7, 11) is 0. The van der Waals surface area contributed by atoms with E-state index in [2.05, 4.69) is 11.0 Å². The molecule has 2 fully saturated rings. The van der Waals surface area contributed by atoms with Crippen molar-refractivity contribution in [3.05, 3.63) is 57.9 Å². The predicted molar refractivity (Wildman–Crippen MR) is 127 cm³/mol. The Hall–Kier alpha value is -3.11. The first-order valence-corrected chi connectivity index (χ1v) is 11.9. The van der Waals surface area contributed by atoms with Crippen LogP contribution in [0.1, 0.15) is 58.9 Å². The van der Waals surface area contributed by atoms with E-state index in [-0.39, 0.29) is 17.9 Å². The summed E-state index contributed by atoms with van der Waals surface area (Å²) in [6.07, 6.45) is 5.74. The van der Waals surface area contributed by atoms with Crippen LogP contribution in [0.3, 0.4) is 0 Å². The molecule has 170 valence electrons. The minimum Gasteiger partial charge on any atom is -0.355 e. The van der Waals surface area contributed by atoms with Gasteiger partial charge in [-0.05, 0) is 51.7 Å². The maximum absolute atomic E-state index is 13.5. The van der Waals surface area contributed by atoms with Crippen molar-refractivity contribution < 1.29 is 4.79 Å². The molecule has 0 N–H and O–H groups in total. The van der Waals surface area contributed by atoms with Gasteiger partial charge in [0, 0.05) is 37.5 Å². The molecule has 2 aromatic heterocycles. The monoisotopic (exact) mass is 462 g/mol. The van der Waals surface area contributed by atoms with Gasteiger partial charge < -0.3 is 9.80 Å². The van der Waals surface area contributed by atoms with Gasteiger partial charge in [0.25, 0.3) is 5.91 Å². The van der Waals surface area contributed by atoms with E-state index in [1.807, 2.05) is 47.7 Å². The Balaban J connectivity index is 1.47. The second-order valence-electron chi connectivity index (χ2n) is 9.17. The number of nitriles is 1. The van der Waals surface area contributed by atoms with Gasteiger partial charge in [-0.25, -0.2) is 9.50 Å². The second kappa shape index (κ2) is 8.68. The van der Waals surface area contributed by atoms with Crippen LogP contribution in [0.5, 0.6) is 0 Å². The normalized spacial score (nSPS) is 20.9. The minimum atomic E-state index is -0.108. The highest BCUT2D eigenvalue weighted by Gasteiger charge is 2.32. The van der Waals surface area contributed by atoms with Crippen LogP contribution in [0, 0.1) is 31.1 Å². The summed E-state index contributed by atoms with van der Waals surface area (Å²) in [6, 6.07) is 9.82. The van der Waals surface area contributed by atoms with Gasteiger partial charge in [0.2, 0.25) is 0 Å². The maximum Gasteiger partial charge on any atom is 0.255 e. The number of fused-ring (bicyclic) bond motifs is 1. The molecular weight excluding hydrogens is 436 g/mol. The molecule has 2 saturated heterocycles. The van der Waals surface area contributed by atoms with Gasteiger partial charge >= 0.3 is 0 Å². The summed E-state index contributed by atoms with van der Waals surface area (Å²) in [5.74, 6) is 0.919. The molecule has 4 heterocycles. The van der Waals surface area contributed by atoms with Crippen LogP contribution in [0.4, 0.5) is 5.82 Å². The zero-order valence-electron chi connectivity index (χ0n) is 19.0. The lowest BCUT2D eigenvalue weighted by Crippen LogP contribution is -2.38. The fourth-order valence-electron chi connectivity index (χ4n) is 5.00. The Morgan fingerprint density at radius 2 is 2.03 bits per heavy atom. The number of likely N-dealkylation sites (tertiary alicyclic amines) is 1. The molecule has 2 aliphatic rings. The minimum absolute atomic E-state index is 0.0464. The standard InChI is InChI=1S/C25H27ClN6O/c1-16-6-7-20(26)19(11-16)25(33)31-9-4-3-5-22(31)21-12-23-28-24(17(2)14-32(23)29-21)30-10-8-18(13-27)15-30/h6-7,11-12,14,18,22H,3-5,8-10,15H2,1-2H3. The van der Waals surface area contributed by atoms with Crippen LogP contribution >= 0.6 is 11.6 Å². The van der Waals surface area contributed by atoms with Crippen LogP contribution in [0.2, 0.25) is 5.02 Å². The average molecular weight is 463 g/mol. The molecule has 8 heteroatoms. The zero-order valence-corrected chi connectivity index (χ0v) is 19.7. The highest BCUT2D eigenvalue weighted by molar-refractivity contribution is 6.33. The van der Waals surface area contributed by atoms with E-state index in [0.717, 1.165) is 60.5 Å². The fraction of sp³-hybridized carbons (Fsp3) is 0.440. The Bertz CT molecular complexity index is 1260. The van der Waals surface area contributed by atoms with Crippen molar-refractivity contribution in [2.24, 2.45) is 5.92 Å². The highest BCUT2D eigenvalue weighted by atomic mass is 35.5. The molecule has 1 aromatic carbocycles. The summed E-state index contributed by atoms with van der Waals surface area (Å²) in [4.78, 5) is 22.5. The van der Waals surface area contributed by atoms with Crippen molar-refractivity contribution in [3.63, 3.8) is 0 Å². The Morgan fingerprint density at radius 3 is 2.82 bits per heavy atom. The van der Waals surface area contributed by atoms with E-state index in [9.17, 15) is 10.1 Å². The average Bonchev–Trinajstić information content (AvgIpc) is 3.46. The third-order valence-electron chi connectivity index (χ3n) is 6.75. The van der Waals surface area contributed by atoms with Crippen LogP contribution in [-0.2, 0) is 0 Å². The van der Waals surface area contributed by atoms with Gasteiger partial charge in [0.05, 0.1) is 34.3 Å². The molecule has 0 bridgehead atoms. The molecule has 3 aromatic rings. The summed E-state index contributed by atoms with van der Waals surface area (Å²) in [6.45, 7) is 6.23. The highest BCUT2D eigenvalue weighted by Crippen LogP contribution is 2.34. The van der Waals surface area contributed by atoms with E-state index < -0.39 is 0 Å². The first kappa shape index (κ1) is 21.7. The van der Waals surface area contributed by atoms with Crippen molar-refractivity contribution in [1.82, 2.24) is 19.5 Å². The molecule has 1 amide bonds. The largest absolute Gasteiger partial charge is 0.355 e. The summed E-state index contributed by atoms with van der Waals surface area (Å²) in [5, 5.41) is 14.6. The summed E-state index contributed by atoms with van der Waals surface area (Å²) < 4.78 is 1.81. The topological polar surface area (TPSA) is 77.5 Å². The number of rotatable bonds is 3. The van der Waals surface area contributed by atoms with E-state index in [1.165, 1.54) is 0 Å². The van der Waals surface area contributed by atoms with Crippen LogP contribution in [0.15, 0.2) is 30.5 Å². The molecule has 2 atom stereocenters. The van der Waals surface area contributed by atoms with E-state index in [1.54, 1.807) is 6.07 Å². The molecule has 2 aliphatic heterocycles. The molecule has 0 saturated carbocycles. The van der Waals surface area contributed by atoms with Gasteiger partial charge in [-0.2, -0.15) is 10.4 Å². The number of aromatic nitrogens is 3. The number of aryl methyl sites for hydroxylation is 2. The smallest absolute Gasteiger partial charge is 0.255 e. The number of halogens is 1. The van der Waals surface area contributed by atoms with Gasteiger partial charge in [0.15, 0.2) is 5.65 Å². The molecule has 5 rings (SSSR count). The van der Waals surface area contributed by atoms with E-state index in [4.69, 9.17) is 21.7 Å². The quantitative estimate of drug-likeness (QED) is 0.563. The number of carbonyl (C=O) groups excluding carboxylic acids is 1. The maximum atomic E-state index is 13.5. The Morgan fingerprint density at radius 1 is 1.18 bits per heavy atom. The predicted octanol–water partition coefficient (Wildman–Crippen LogP) is 4.72. The van der Waals surface area contributed by atoms with Gasteiger partial charge in [-0.1, -0.05) is 23.2 Å². The second-order valence-corrected chi connectivity index (χ2v) is 9.58. The van der Waals surface area contributed by atoms with Gasteiger partial charge in [-0.3, -0.25) is 4.79 Å². The number of hydrogen-bond donors (Lipinski definition) is 0. The van der Waals surface area contributed by atoms with Crippen molar-refractivity contribution in [1.29, 1.82) is 5.26 Å². The SMILES string of the molecule is Cc1ccc(Cl)c(C(=O)N2CCCCC2c2cc3nc(N4CCC(C#N)C4)c(C)cn3n2)c1. The van der Waals surface area contributed by atoms with Crippen LogP contribution in [-0.4, -0.2) is 45.0 Å². The number of anilines is 1. The van der Waals surface area contributed by atoms with Crippen LogP contribution < -0.4 is 4.90 Å². The Labute approximate surface area is 198 Å². The lowest BCUT2D eigenvalue weighted by Gasteiger charge is -2.35. The molecular formula is C25H27ClN6O. The van der Waals surface area contributed by atoms with Gasteiger partial charge in [-0.15, -0.1) is 0 Å². The number of benzene rings is 1. The third kappa shape index (κ3) is 4.04. The first-order valence-electron chi connectivity index (χ1n) is 11.5. The first-order chi connectivity index (χ1) is 15.9. The number of nitrogens with zero attached hydrogens (tertiary/aromatic N) is 6. The van der Waals surface area contributed by atoms with Crippen molar-refractivity contribution in [2.45, 2.75) is 45.6 Å². The molecule has 33 heavy (non-hydrogen) atoms. The lowest BCUT2D eigenvalue weighted by atomic mass is 9.98. The third-order valence-corrected chi connectivity index (χ3v) is 7.08. The lowest BCUT2D eigenvalue weighted by molar-refractivity contribution is 0.0606. The number of carbonyl (C=O) groups is 1. The van der Waals surface area contributed by atoms with Crippen LogP contribution in [0.25, 0.3) is 5.65 Å². The summed E-state index contributed by atoms with van der Waals surface area (Å²) >= 11 is 6.38. The molecule has 7 nitrogen and oxygen atoms in total. The number of piperidine rings is 1.